The monoisotopic (exact) mass is 524 g/mol. The Hall–Kier alpha value is -2.78. The molecule has 184 valence electrons. The van der Waals surface area contributed by atoms with Crippen LogP contribution in [0.3, 0.4) is 0 Å². The summed E-state index contributed by atoms with van der Waals surface area (Å²) in [4.78, 5) is 14.1. The highest BCUT2D eigenvalue weighted by molar-refractivity contribution is 6.36. The Kier molecular flexibility index (Phi) is 6.40. The molecule has 3 aromatic rings. The van der Waals surface area contributed by atoms with Gasteiger partial charge in [0.1, 0.15) is 5.82 Å². The Morgan fingerprint density at radius 3 is 2.66 bits per heavy atom. The second-order valence-electron chi connectivity index (χ2n) is 8.70. The van der Waals surface area contributed by atoms with Crippen molar-refractivity contribution in [1.82, 2.24) is 14.8 Å². The molecule has 0 fully saturated rings. The highest BCUT2D eigenvalue weighted by atomic mass is 35.5. The second-order valence-corrected chi connectivity index (χ2v) is 9.55. The molecule has 0 bridgehead atoms. The first-order chi connectivity index (χ1) is 16.7. The van der Waals surface area contributed by atoms with Gasteiger partial charge in [0, 0.05) is 17.5 Å². The zero-order chi connectivity index (χ0) is 24.7. The van der Waals surface area contributed by atoms with E-state index in [-0.39, 0.29) is 42.4 Å². The zero-order valence-electron chi connectivity index (χ0n) is 18.5. The van der Waals surface area contributed by atoms with E-state index in [2.05, 4.69) is 16.3 Å². The van der Waals surface area contributed by atoms with Gasteiger partial charge in [-0.3, -0.25) is 9.69 Å². The average Bonchev–Trinajstić information content (AvgIpc) is 3.21. The normalized spacial score (nSPS) is 17.7. The number of alkyl halides is 3. The first-order valence-corrected chi connectivity index (χ1v) is 11.9. The van der Waals surface area contributed by atoms with Crippen molar-refractivity contribution in [3.63, 3.8) is 0 Å². The van der Waals surface area contributed by atoms with Crippen molar-refractivity contribution in [2.24, 2.45) is 0 Å². The van der Waals surface area contributed by atoms with E-state index in [0.29, 0.717) is 28.7 Å². The lowest BCUT2D eigenvalue weighted by atomic mass is 9.83. The number of carbonyl (C=O) groups is 1. The Balaban J connectivity index is 1.49. The van der Waals surface area contributed by atoms with Gasteiger partial charge in [0.2, 0.25) is 0 Å². The van der Waals surface area contributed by atoms with Crippen LogP contribution in [-0.2, 0) is 30.7 Å². The van der Waals surface area contributed by atoms with E-state index in [9.17, 15) is 18.0 Å². The lowest BCUT2D eigenvalue weighted by Crippen LogP contribution is -2.39. The molecule has 1 aromatic heterocycles. The maximum absolute atomic E-state index is 13.2. The second kappa shape index (κ2) is 9.35. The average molecular weight is 525 g/mol. The molecule has 6 nitrogen and oxygen atoms in total. The molecule has 1 aliphatic carbocycles. The van der Waals surface area contributed by atoms with E-state index in [1.165, 1.54) is 27.2 Å². The van der Waals surface area contributed by atoms with Gasteiger partial charge >= 0.3 is 6.18 Å². The van der Waals surface area contributed by atoms with Gasteiger partial charge in [0.25, 0.3) is 5.91 Å². The van der Waals surface area contributed by atoms with Crippen molar-refractivity contribution in [2.45, 2.75) is 50.9 Å². The number of hydrogen-bond donors (Lipinski definition) is 0. The van der Waals surface area contributed by atoms with Gasteiger partial charge in [0.15, 0.2) is 18.2 Å². The predicted molar refractivity (Wildman–Crippen MR) is 125 cm³/mol. The van der Waals surface area contributed by atoms with Crippen LogP contribution < -0.4 is 9.64 Å². The minimum Gasteiger partial charge on any atom is -0.480 e. The predicted octanol–water partition coefficient (Wildman–Crippen LogP) is 5.74. The van der Waals surface area contributed by atoms with Gasteiger partial charge in [-0.2, -0.15) is 13.2 Å². The Morgan fingerprint density at radius 2 is 1.89 bits per heavy atom. The molecular formula is C24H21Cl2F3N4O2. The molecule has 5 rings (SSSR count). The van der Waals surface area contributed by atoms with Crippen LogP contribution in [0, 0.1) is 0 Å². The van der Waals surface area contributed by atoms with Crippen LogP contribution in [0.25, 0.3) is 0 Å². The molecule has 11 heteroatoms. The topological polar surface area (TPSA) is 60.2 Å². The number of carbonyl (C=O) groups excluding carboxylic acids is 1. The van der Waals surface area contributed by atoms with Crippen molar-refractivity contribution in [1.29, 1.82) is 0 Å². The van der Waals surface area contributed by atoms with Gasteiger partial charge in [-0.1, -0.05) is 47.5 Å². The molecule has 0 spiro atoms. The smallest absolute Gasteiger partial charge is 0.390 e. The van der Waals surface area contributed by atoms with Gasteiger partial charge in [-0.05, 0) is 42.5 Å². The number of aromatic nitrogens is 3. The maximum atomic E-state index is 13.2. The quantitative estimate of drug-likeness (QED) is 0.427. The van der Waals surface area contributed by atoms with Crippen molar-refractivity contribution in [2.75, 3.05) is 11.5 Å². The fraction of sp³-hybridized carbons (Fsp3) is 0.375. The van der Waals surface area contributed by atoms with E-state index in [4.69, 9.17) is 27.9 Å². The van der Waals surface area contributed by atoms with Crippen molar-refractivity contribution < 1.29 is 22.7 Å². The maximum Gasteiger partial charge on any atom is 0.390 e. The summed E-state index contributed by atoms with van der Waals surface area (Å²) in [6.07, 6.45) is -3.13. The summed E-state index contributed by atoms with van der Waals surface area (Å²) >= 11 is 12.4. The van der Waals surface area contributed by atoms with Crippen LogP contribution in [0.5, 0.6) is 5.75 Å². The van der Waals surface area contributed by atoms with Crippen LogP contribution >= 0.6 is 23.2 Å². The summed E-state index contributed by atoms with van der Waals surface area (Å²) in [6, 6.07) is 11.1. The van der Waals surface area contributed by atoms with Gasteiger partial charge in [-0.15, -0.1) is 10.2 Å². The summed E-state index contributed by atoms with van der Waals surface area (Å²) in [7, 11) is 0. The van der Waals surface area contributed by atoms with Crippen LogP contribution in [0.1, 0.15) is 41.5 Å². The van der Waals surface area contributed by atoms with Gasteiger partial charge in [0.05, 0.1) is 23.7 Å². The summed E-state index contributed by atoms with van der Waals surface area (Å²) in [5.74, 6) is 0.607. The number of rotatable bonds is 5. The third-order valence-corrected chi connectivity index (χ3v) is 6.91. The fourth-order valence-corrected chi connectivity index (χ4v) is 5.26. The summed E-state index contributed by atoms with van der Waals surface area (Å²) in [5, 5.41) is 9.10. The lowest BCUT2D eigenvalue weighted by molar-refractivity contribution is -0.137. The van der Waals surface area contributed by atoms with E-state index in [1.54, 1.807) is 0 Å². The molecular weight excluding hydrogens is 504 g/mol. The third kappa shape index (κ3) is 4.97. The highest BCUT2D eigenvalue weighted by Crippen LogP contribution is 2.41. The molecule has 2 aromatic carbocycles. The molecule has 2 heterocycles. The molecule has 2 aliphatic rings. The number of benzene rings is 2. The van der Waals surface area contributed by atoms with E-state index in [0.717, 1.165) is 18.4 Å². The standard InChI is InChI=1S/C24H21Cl2F3N4O2/c25-17-10-18(26)22-19(11-17)33(21(34)13-35-22)12-20-30-31-23(32(20)8-7-24(27,28)29)16-6-5-14-3-1-2-4-15(14)9-16/h1-4,10-11,16H,5-9,12-13H2. The lowest BCUT2D eigenvalue weighted by Gasteiger charge is -2.30. The minimum atomic E-state index is -4.35. The number of ether oxygens (including phenoxy) is 1. The molecule has 1 unspecified atom stereocenters. The molecule has 1 atom stereocenters. The number of amides is 1. The molecule has 0 radical (unpaired) electrons. The van der Waals surface area contributed by atoms with Crippen LogP contribution in [0.15, 0.2) is 36.4 Å². The summed E-state index contributed by atoms with van der Waals surface area (Å²) < 4.78 is 46.6. The number of halogens is 5. The van der Waals surface area contributed by atoms with Crippen molar-refractivity contribution >= 4 is 34.8 Å². The van der Waals surface area contributed by atoms with E-state index < -0.39 is 12.6 Å². The Bertz CT molecular complexity index is 1280. The molecule has 0 saturated heterocycles. The number of fused-ring (bicyclic) bond motifs is 2. The first kappa shape index (κ1) is 23.9. The molecule has 0 saturated carbocycles. The summed E-state index contributed by atoms with van der Waals surface area (Å²) in [5.41, 5.74) is 2.75. The molecule has 35 heavy (non-hydrogen) atoms. The van der Waals surface area contributed by atoms with Crippen LogP contribution in [-0.4, -0.2) is 33.5 Å². The SMILES string of the molecule is O=C1COc2c(Cl)cc(Cl)cc2N1Cc1nnc(C2CCc3ccccc3C2)n1CCC(F)(F)F. The van der Waals surface area contributed by atoms with Crippen molar-refractivity contribution in [3.05, 3.63) is 69.2 Å². The highest BCUT2D eigenvalue weighted by Gasteiger charge is 2.33. The van der Waals surface area contributed by atoms with Crippen LogP contribution in [0.2, 0.25) is 10.0 Å². The van der Waals surface area contributed by atoms with Gasteiger partial charge in [-0.25, -0.2) is 0 Å². The largest absolute Gasteiger partial charge is 0.480 e. The van der Waals surface area contributed by atoms with Gasteiger partial charge < -0.3 is 9.30 Å². The van der Waals surface area contributed by atoms with Crippen molar-refractivity contribution in [3.8, 4) is 5.75 Å². The molecule has 0 N–H and O–H groups in total. The first-order valence-electron chi connectivity index (χ1n) is 11.2. The Morgan fingerprint density at radius 1 is 1.11 bits per heavy atom. The number of nitrogens with zero attached hydrogens (tertiary/aromatic N) is 4. The third-order valence-electron chi connectivity index (χ3n) is 6.41. The molecule has 1 amide bonds. The number of anilines is 1. The Labute approximate surface area is 209 Å². The number of hydrogen-bond acceptors (Lipinski definition) is 4. The zero-order valence-corrected chi connectivity index (χ0v) is 20.0. The molecule has 1 aliphatic heterocycles. The van der Waals surface area contributed by atoms with E-state index in [1.807, 2.05) is 18.2 Å². The summed E-state index contributed by atoms with van der Waals surface area (Å²) in [6.45, 7) is -0.668. The number of aryl methyl sites for hydroxylation is 1. The van der Waals surface area contributed by atoms with E-state index >= 15 is 0 Å². The minimum absolute atomic E-state index is 0.0732. The van der Waals surface area contributed by atoms with Crippen LogP contribution in [0.4, 0.5) is 18.9 Å². The fourth-order valence-electron chi connectivity index (χ4n) is 4.72.